The Morgan fingerprint density at radius 2 is 1.77 bits per heavy atom. The van der Waals surface area contributed by atoms with Crippen LogP contribution in [0.15, 0.2) is 48.5 Å². The van der Waals surface area contributed by atoms with E-state index in [1.54, 1.807) is 62.8 Å². The minimum Gasteiger partial charge on any atom is -0.493 e. The van der Waals surface area contributed by atoms with Crippen LogP contribution in [0, 0.1) is 0 Å². The number of nitrogens with one attached hydrogen (secondary N) is 3. The predicted molar refractivity (Wildman–Crippen MR) is 122 cm³/mol. The summed E-state index contributed by atoms with van der Waals surface area (Å²) < 4.78 is 10.4. The highest BCUT2D eigenvalue weighted by molar-refractivity contribution is 7.80. The summed E-state index contributed by atoms with van der Waals surface area (Å²) in [6.07, 6.45) is 3.00. The Bertz CT molecular complexity index is 957. The summed E-state index contributed by atoms with van der Waals surface area (Å²) in [6, 6.07) is 12.2. The van der Waals surface area contributed by atoms with Crippen LogP contribution in [0.3, 0.4) is 0 Å². The second-order valence-corrected chi connectivity index (χ2v) is 7.01. The van der Waals surface area contributed by atoms with Gasteiger partial charge in [-0.3, -0.25) is 14.9 Å². The summed E-state index contributed by atoms with van der Waals surface area (Å²) in [7, 11) is 3.10. The van der Waals surface area contributed by atoms with Crippen molar-refractivity contribution >= 4 is 40.9 Å². The molecule has 2 rings (SSSR count). The first-order valence-corrected chi connectivity index (χ1v) is 9.66. The molecule has 2 amide bonds. The molecule has 0 radical (unpaired) electrons. The van der Waals surface area contributed by atoms with Crippen molar-refractivity contribution in [2.24, 2.45) is 0 Å². The highest BCUT2D eigenvalue weighted by Crippen LogP contribution is 2.27. The number of carbonyl (C=O) groups is 2. The van der Waals surface area contributed by atoms with E-state index in [1.165, 1.54) is 6.08 Å². The van der Waals surface area contributed by atoms with E-state index in [2.05, 4.69) is 16.0 Å². The Hall–Kier alpha value is -3.39. The molecule has 0 saturated carbocycles. The van der Waals surface area contributed by atoms with Gasteiger partial charge in [0.25, 0.3) is 5.91 Å². The number of methoxy groups -OCH3 is 2. The van der Waals surface area contributed by atoms with E-state index in [0.29, 0.717) is 22.7 Å². The molecule has 0 spiro atoms. The molecule has 0 bridgehead atoms. The number of carbonyl (C=O) groups excluding carboxylic acids is 2. The van der Waals surface area contributed by atoms with E-state index < -0.39 is 5.91 Å². The van der Waals surface area contributed by atoms with Crippen LogP contribution in [-0.4, -0.2) is 37.2 Å². The summed E-state index contributed by atoms with van der Waals surface area (Å²) in [6.45, 7) is 3.78. The molecular formula is C22H25N3O4S. The topological polar surface area (TPSA) is 88.7 Å². The van der Waals surface area contributed by atoms with Crippen LogP contribution in [0.25, 0.3) is 6.08 Å². The molecule has 0 aromatic heterocycles. The van der Waals surface area contributed by atoms with Gasteiger partial charge in [-0.05, 0) is 68.0 Å². The zero-order chi connectivity index (χ0) is 22.1. The van der Waals surface area contributed by atoms with Gasteiger partial charge in [0.15, 0.2) is 16.6 Å². The standard InChI is InChI=1S/C22H25N3O4S/c1-14(2)23-21(27)16-6-5-7-17(13-16)24-22(30)25-20(26)11-9-15-8-10-18(28-3)19(12-15)29-4/h5-14H,1-4H3,(H,23,27)(H2,24,25,26,30)/b11-9+. The average Bonchev–Trinajstić information content (AvgIpc) is 2.71. The van der Waals surface area contributed by atoms with Gasteiger partial charge in [-0.1, -0.05) is 12.1 Å². The van der Waals surface area contributed by atoms with Crippen molar-refractivity contribution in [2.75, 3.05) is 19.5 Å². The van der Waals surface area contributed by atoms with Crippen LogP contribution < -0.4 is 25.4 Å². The fourth-order valence-electron chi connectivity index (χ4n) is 2.53. The van der Waals surface area contributed by atoms with Gasteiger partial charge in [-0.25, -0.2) is 0 Å². The van der Waals surface area contributed by atoms with Crippen molar-refractivity contribution in [1.82, 2.24) is 10.6 Å². The van der Waals surface area contributed by atoms with Crippen LogP contribution >= 0.6 is 12.2 Å². The Balaban J connectivity index is 1.96. The molecule has 3 N–H and O–H groups in total. The Morgan fingerprint density at radius 1 is 1.03 bits per heavy atom. The second kappa shape index (κ2) is 11.0. The molecule has 8 heteroatoms. The van der Waals surface area contributed by atoms with Gasteiger partial charge in [-0.2, -0.15) is 0 Å². The molecule has 0 fully saturated rings. The zero-order valence-corrected chi connectivity index (χ0v) is 18.1. The molecule has 0 heterocycles. The smallest absolute Gasteiger partial charge is 0.251 e. The number of rotatable bonds is 7. The lowest BCUT2D eigenvalue weighted by Gasteiger charge is -2.11. The van der Waals surface area contributed by atoms with E-state index in [-0.39, 0.29) is 17.1 Å². The van der Waals surface area contributed by atoms with Gasteiger partial charge >= 0.3 is 0 Å². The van der Waals surface area contributed by atoms with Gasteiger partial charge in [-0.15, -0.1) is 0 Å². The molecular weight excluding hydrogens is 402 g/mol. The molecule has 2 aromatic rings. The number of thiocarbonyl (C=S) groups is 1. The first-order valence-electron chi connectivity index (χ1n) is 9.25. The quantitative estimate of drug-likeness (QED) is 0.464. The van der Waals surface area contributed by atoms with Gasteiger partial charge < -0.3 is 20.1 Å². The van der Waals surface area contributed by atoms with Crippen LogP contribution in [-0.2, 0) is 4.79 Å². The van der Waals surface area contributed by atoms with E-state index in [0.717, 1.165) is 5.56 Å². The Kier molecular flexibility index (Phi) is 8.37. The van der Waals surface area contributed by atoms with E-state index in [1.807, 2.05) is 13.8 Å². The van der Waals surface area contributed by atoms with E-state index in [4.69, 9.17) is 21.7 Å². The van der Waals surface area contributed by atoms with Gasteiger partial charge in [0.05, 0.1) is 14.2 Å². The fourth-order valence-corrected chi connectivity index (χ4v) is 2.75. The Labute approximate surface area is 181 Å². The van der Waals surface area contributed by atoms with Gasteiger partial charge in [0.2, 0.25) is 5.91 Å². The van der Waals surface area contributed by atoms with Crippen molar-refractivity contribution in [3.63, 3.8) is 0 Å². The van der Waals surface area contributed by atoms with Crippen molar-refractivity contribution in [3.8, 4) is 11.5 Å². The molecule has 7 nitrogen and oxygen atoms in total. The normalized spacial score (nSPS) is 10.6. The zero-order valence-electron chi connectivity index (χ0n) is 17.3. The third-order valence-electron chi connectivity index (χ3n) is 3.87. The first kappa shape index (κ1) is 22.9. The largest absolute Gasteiger partial charge is 0.493 e. The van der Waals surface area contributed by atoms with E-state index >= 15 is 0 Å². The molecule has 158 valence electrons. The summed E-state index contributed by atoms with van der Waals surface area (Å²) in [5, 5.41) is 8.42. The lowest BCUT2D eigenvalue weighted by Crippen LogP contribution is -2.33. The summed E-state index contributed by atoms with van der Waals surface area (Å²) in [5.74, 6) is 0.602. The third kappa shape index (κ3) is 6.89. The highest BCUT2D eigenvalue weighted by atomic mass is 32.1. The van der Waals surface area contributed by atoms with Crippen molar-refractivity contribution in [1.29, 1.82) is 0 Å². The maximum absolute atomic E-state index is 12.1. The second-order valence-electron chi connectivity index (χ2n) is 6.60. The molecule has 30 heavy (non-hydrogen) atoms. The minimum atomic E-state index is -0.393. The van der Waals surface area contributed by atoms with Gasteiger partial charge in [0, 0.05) is 23.4 Å². The Morgan fingerprint density at radius 3 is 2.43 bits per heavy atom. The fraction of sp³-hybridized carbons (Fsp3) is 0.227. The van der Waals surface area contributed by atoms with E-state index in [9.17, 15) is 9.59 Å². The van der Waals surface area contributed by atoms with Crippen LogP contribution in [0.5, 0.6) is 11.5 Å². The first-order chi connectivity index (χ1) is 14.3. The SMILES string of the molecule is COc1ccc(/C=C/C(=O)NC(=S)Nc2cccc(C(=O)NC(C)C)c2)cc1OC. The predicted octanol–water partition coefficient (Wildman–Crippen LogP) is 3.37. The summed E-state index contributed by atoms with van der Waals surface area (Å²) in [5.41, 5.74) is 1.86. The molecule has 0 atom stereocenters. The number of hydrogen-bond donors (Lipinski definition) is 3. The van der Waals surface area contributed by atoms with Crippen LogP contribution in [0.2, 0.25) is 0 Å². The lowest BCUT2D eigenvalue weighted by molar-refractivity contribution is -0.115. The maximum Gasteiger partial charge on any atom is 0.251 e. The third-order valence-corrected chi connectivity index (χ3v) is 4.08. The summed E-state index contributed by atoms with van der Waals surface area (Å²) >= 11 is 5.18. The van der Waals surface area contributed by atoms with Crippen molar-refractivity contribution in [2.45, 2.75) is 19.9 Å². The lowest BCUT2D eigenvalue weighted by atomic mass is 10.2. The summed E-state index contributed by atoms with van der Waals surface area (Å²) in [4.78, 5) is 24.3. The molecule has 2 aromatic carbocycles. The number of ether oxygens (including phenoxy) is 2. The molecule has 0 saturated heterocycles. The number of amides is 2. The van der Waals surface area contributed by atoms with Crippen molar-refractivity contribution < 1.29 is 19.1 Å². The van der Waals surface area contributed by atoms with Crippen molar-refractivity contribution in [3.05, 3.63) is 59.7 Å². The van der Waals surface area contributed by atoms with Crippen LogP contribution in [0.1, 0.15) is 29.8 Å². The minimum absolute atomic E-state index is 0.0342. The molecule has 0 aliphatic carbocycles. The van der Waals surface area contributed by atoms with Gasteiger partial charge in [0.1, 0.15) is 0 Å². The molecule has 0 aliphatic rings. The van der Waals surface area contributed by atoms with Crippen LogP contribution in [0.4, 0.5) is 5.69 Å². The highest BCUT2D eigenvalue weighted by Gasteiger charge is 2.09. The monoisotopic (exact) mass is 427 g/mol. The molecule has 0 unspecified atom stereocenters. The molecule has 0 aliphatic heterocycles. The number of benzene rings is 2. The maximum atomic E-state index is 12.1. The average molecular weight is 428 g/mol. The number of hydrogen-bond acceptors (Lipinski definition) is 5. The number of anilines is 1.